The first-order valence-electron chi connectivity index (χ1n) is 9.68. The Bertz CT molecular complexity index is 1090. The summed E-state index contributed by atoms with van der Waals surface area (Å²) < 4.78 is 77.8. The number of hydrogen-bond acceptors (Lipinski definition) is 4. The molecule has 1 aliphatic rings. The quantitative estimate of drug-likeness (QED) is 0.606. The number of aliphatic hydroxyl groups is 1. The lowest BCUT2D eigenvalue weighted by Gasteiger charge is -2.35. The van der Waals surface area contributed by atoms with Crippen LogP contribution in [0.1, 0.15) is 41.6 Å². The summed E-state index contributed by atoms with van der Waals surface area (Å²) in [5.41, 5.74) is -2.47. The molecule has 0 bridgehead atoms. The van der Waals surface area contributed by atoms with Crippen LogP contribution in [0.15, 0.2) is 47.4 Å². The largest absolute Gasteiger partial charge is 0.416 e. The Morgan fingerprint density at radius 2 is 1.81 bits per heavy atom. The monoisotopic (exact) mass is 493 g/mol. The molecule has 0 saturated heterocycles. The van der Waals surface area contributed by atoms with E-state index < -0.39 is 49.0 Å². The van der Waals surface area contributed by atoms with Gasteiger partial charge in [-0.3, -0.25) is 4.79 Å². The van der Waals surface area contributed by atoms with Crippen LogP contribution in [0, 0.1) is 5.82 Å². The fourth-order valence-electron chi connectivity index (χ4n) is 3.69. The third-order valence-electron chi connectivity index (χ3n) is 5.49. The number of carbonyl (C=O) groups is 1. The Labute approximate surface area is 187 Å². The average Bonchev–Trinajstić information content (AvgIpc) is 2.71. The van der Waals surface area contributed by atoms with Crippen LogP contribution in [0.5, 0.6) is 0 Å². The predicted octanol–water partition coefficient (Wildman–Crippen LogP) is 4.38. The summed E-state index contributed by atoms with van der Waals surface area (Å²) in [4.78, 5) is 11.8. The van der Waals surface area contributed by atoms with Crippen LogP contribution >= 0.6 is 11.6 Å². The molecule has 1 aliphatic carbocycles. The minimum Gasteiger partial charge on any atom is -0.388 e. The molecule has 0 atom stereocenters. The van der Waals surface area contributed by atoms with Gasteiger partial charge in [-0.15, -0.1) is 0 Å². The van der Waals surface area contributed by atoms with Crippen LogP contribution in [0.4, 0.5) is 17.6 Å². The van der Waals surface area contributed by atoms with Crippen molar-refractivity contribution in [1.29, 1.82) is 0 Å². The standard InChI is InChI=1S/C21H20ClF4NO4S/c22-15-8-13(9-16(23)11-15)19(28)27-12-20(29)6-4-17(5-7-20)32(30,31)18-3-1-2-14(10-18)21(24,25)26/h1-3,8-11,17,29H,4-7,12H2,(H,27,28)/t17-,20+. The molecule has 0 radical (unpaired) electrons. The van der Waals surface area contributed by atoms with Crippen LogP contribution in [0.2, 0.25) is 5.02 Å². The SMILES string of the molecule is O=C(NC[C@]1(O)CC[C@@H](S(=O)(=O)c2cccc(C(F)(F)F)c2)CC1)c1cc(F)cc(Cl)c1. The number of nitrogens with one attached hydrogen (secondary N) is 1. The molecule has 2 aromatic rings. The molecule has 0 unspecified atom stereocenters. The summed E-state index contributed by atoms with van der Waals surface area (Å²) in [5.74, 6) is -1.35. The van der Waals surface area contributed by atoms with E-state index in [9.17, 15) is 35.9 Å². The zero-order valence-electron chi connectivity index (χ0n) is 16.6. The Morgan fingerprint density at radius 1 is 1.16 bits per heavy atom. The van der Waals surface area contributed by atoms with Crippen molar-refractivity contribution in [2.75, 3.05) is 6.54 Å². The number of amides is 1. The smallest absolute Gasteiger partial charge is 0.388 e. The Hall–Kier alpha value is -2.17. The van der Waals surface area contributed by atoms with Crippen molar-refractivity contribution in [3.8, 4) is 0 Å². The zero-order chi connectivity index (χ0) is 23.7. The molecule has 2 N–H and O–H groups in total. The molecule has 0 aromatic heterocycles. The summed E-state index contributed by atoms with van der Waals surface area (Å²) >= 11 is 5.73. The van der Waals surface area contributed by atoms with Crippen LogP contribution in [0.25, 0.3) is 0 Å². The van der Waals surface area contributed by atoms with Crippen LogP contribution in [0.3, 0.4) is 0 Å². The molecule has 1 saturated carbocycles. The number of hydrogen-bond donors (Lipinski definition) is 2. The second-order valence-electron chi connectivity index (χ2n) is 7.84. The van der Waals surface area contributed by atoms with Gasteiger partial charge in [-0.2, -0.15) is 13.2 Å². The average molecular weight is 494 g/mol. The van der Waals surface area contributed by atoms with Crippen LogP contribution in [-0.2, 0) is 16.0 Å². The first-order chi connectivity index (χ1) is 14.8. The van der Waals surface area contributed by atoms with Gasteiger partial charge >= 0.3 is 6.18 Å². The number of alkyl halides is 3. The van der Waals surface area contributed by atoms with Crippen molar-refractivity contribution in [1.82, 2.24) is 5.32 Å². The molecule has 0 spiro atoms. The molecule has 1 fully saturated rings. The molecule has 3 rings (SSSR count). The minimum absolute atomic E-state index is 0.0107. The van der Waals surface area contributed by atoms with Gasteiger partial charge in [-0.05, 0) is 62.1 Å². The maximum Gasteiger partial charge on any atom is 0.416 e. The van der Waals surface area contributed by atoms with Gasteiger partial charge in [0.05, 0.1) is 21.3 Å². The van der Waals surface area contributed by atoms with Crippen molar-refractivity contribution in [2.45, 2.75) is 47.6 Å². The molecule has 174 valence electrons. The highest BCUT2D eigenvalue weighted by atomic mass is 35.5. The van der Waals surface area contributed by atoms with Gasteiger partial charge in [-0.25, -0.2) is 12.8 Å². The summed E-state index contributed by atoms with van der Waals surface area (Å²) in [6.45, 7) is -0.198. The lowest BCUT2D eigenvalue weighted by molar-refractivity contribution is -0.137. The van der Waals surface area contributed by atoms with E-state index in [0.29, 0.717) is 6.07 Å². The minimum atomic E-state index is -4.66. The Morgan fingerprint density at radius 3 is 2.41 bits per heavy atom. The summed E-state index contributed by atoms with van der Waals surface area (Å²) in [6, 6.07) is 6.87. The maximum absolute atomic E-state index is 13.4. The van der Waals surface area contributed by atoms with Crippen molar-refractivity contribution in [3.05, 3.63) is 64.4 Å². The molecule has 1 amide bonds. The van der Waals surface area contributed by atoms with Crippen LogP contribution < -0.4 is 5.32 Å². The number of sulfone groups is 1. The van der Waals surface area contributed by atoms with Crippen molar-refractivity contribution < 1.29 is 35.9 Å². The van der Waals surface area contributed by atoms with E-state index in [0.717, 1.165) is 30.3 Å². The van der Waals surface area contributed by atoms with Gasteiger partial charge in [-0.1, -0.05) is 17.7 Å². The van der Waals surface area contributed by atoms with Crippen molar-refractivity contribution >= 4 is 27.3 Å². The highest BCUT2D eigenvalue weighted by Crippen LogP contribution is 2.36. The second kappa shape index (κ2) is 8.99. The Balaban J connectivity index is 1.64. The topological polar surface area (TPSA) is 83.5 Å². The third-order valence-corrected chi connectivity index (χ3v) is 7.97. The van der Waals surface area contributed by atoms with E-state index in [-0.39, 0.29) is 42.8 Å². The summed E-state index contributed by atoms with van der Waals surface area (Å²) in [6.07, 6.45) is -4.62. The first-order valence-corrected chi connectivity index (χ1v) is 11.6. The van der Waals surface area contributed by atoms with Crippen molar-refractivity contribution in [3.63, 3.8) is 0 Å². The number of benzene rings is 2. The van der Waals surface area contributed by atoms with E-state index in [1.807, 2.05) is 0 Å². The maximum atomic E-state index is 13.4. The van der Waals surface area contributed by atoms with Gasteiger partial charge < -0.3 is 10.4 Å². The molecular weight excluding hydrogens is 474 g/mol. The number of carbonyl (C=O) groups excluding carboxylic acids is 1. The fourth-order valence-corrected chi connectivity index (χ4v) is 5.71. The van der Waals surface area contributed by atoms with Crippen LogP contribution in [-0.4, -0.2) is 36.8 Å². The molecule has 0 aliphatic heterocycles. The first kappa shape index (κ1) is 24.5. The van der Waals surface area contributed by atoms with Gasteiger partial charge in [0.15, 0.2) is 9.84 Å². The lowest BCUT2D eigenvalue weighted by Crippen LogP contribution is -2.47. The molecular formula is C21H20ClF4NO4S. The highest BCUT2D eigenvalue weighted by Gasteiger charge is 2.40. The van der Waals surface area contributed by atoms with E-state index >= 15 is 0 Å². The lowest BCUT2D eigenvalue weighted by atomic mass is 9.84. The van der Waals surface area contributed by atoms with E-state index in [2.05, 4.69) is 5.32 Å². The molecule has 2 aromatic carbocycles. The van der Waals surface area contributed by atoms with E-state index in [1.54, 1.807) is 0 Å². The number of rotatable bonds is 5. The third kappa shape index (κ3) is 5.60. The van der Waals surface area contributed by atoms with Gasteiger partial charge in [0.25, 0.3) is 5.91 Å². The van der Waals surface area contributed by atoms with E-state index in [1.165, 1.54) is 6.07 Å². The molecule has 5 nitrogen and oxygen atoms in total. The molecule has 11 heteroatoms. The second-order valence-corrected chi connectivity index (χ2v) is 10.5. The summed E-state index contributed by atoms with van der Waals surface area (Å²) in [7, 11) is -4.03. The van der Waals surface area contributed by atoms with Crippen molar-refractivity contribution in [2.24, 2.45) is 0 Å². The predicted molar refractivity (Wildman–Crippen MR) is 110 cm³/mol. The molecule has 32 heavy (non-hydrogen) atoms. The normalized spacial score (nSPS) is 21.9. The van der Waals surface area contributed by atoms with Gasteiger partial charge in [0.2, 0.25) is 0 Å². The highest BCUT2D eigenvalue weighted by molar-refractivity contribution is 7.92. The number of halogens is 5. The fraction of sp³-hybridized carbons (Fsp3) is 0.381. The van der Waals surface area contributed by atoms with E-state index in [4.69, 9.17) is 11.6 Å². The Kier molecular flexibility index (Phi) is 6.88. The summed E-state index contributed by atoms with van der Waals surface area (Å²) in [5, 5.41) is 12.3. The van der Waals surface area contributed by atoms with Gasteiger partial charge in [0.1, 0.15) is 5.82 Å². The molecule has 0 heterocycles. The van der Waals surface area contributed by atoms with Gasteiger partial charge in [0, 0.05) is 17.1 Å². The zero-order valence-corrected chi connectivity index (χ0v) is 18.2.